The zero-order chi connectivity index (χ0) is 6.62. The maximum atomic E-state index is 11.0. The van der Waals surface area contributed by atoms with Crippen LogP contribution in [0.2, 0.25) is 0 Å². The summed E-state index contributed by atoms with van der Waals surface area (Å²) >= 11 is 0. The molecule has 0 aromatic rings. The highest BCUT2D eigenvalue weighted by atomic mass is 19.3. The lowest BCUT2D eigenvalue weighted by molar-refractivity contribution is -0.871. The van der Waals surface area contributed by atoms with E-state index in [9.17, 15) is 4.53 Å². The topological polar surface area (TPSA) is 9.23 Å². The highest BCUT2D eigenvalue weighted by Gasteiger charge is 2.04. The van der Waals surface area contributed by atoms with Gasteiger partial charge in [-0.3, -0.25) is 0 Å². The lowest BCUT2D eigenvalue weighted by Gasteiger charge is -2.22. The molecule has 0 amide bonds. The number of rotatable bonds is 3. The molecule has 0 atom stereocenters. The molecule has 0 saturated heterocycles. The van der Waals surface area contributed by atoms with Gasteiger partial charge in [-0.1, -0.05) is 0 Å². The van der Waals surface area contributed by atoms with Crippen LogP contribution >= 0.6 is 0 Å². The van der Waals surface area contributed by atoms with Crippen LogP contribution < -0.4 is 0 Å². The Balaban J connectivity index is 3.11. The Bertz CT molecular complexity index is 59.9. The van der Waals surface area contributed by atoms with Crippen LogP contribution in [0.5, 0.6) is 0 Å². The second kappa shape index (κ2) is 2.99. The molecule has 0 aromatic carbocycles. The monoisotopic (exact) mass is 122 g/mol. The first kappa shape index (κ1) is 7.85. The standard InChI is InChI=1S/C5H13FNO/c1-7(2,3)4-5-8-6/h4-5H2,1-3H3/q+1. The Morgan fingerprint density at radius 2 is 1.88 bits per heavy atom. The fourth-order valence-electron chi connectivity index (χ4n) is 0.308. The normalized spacial score (nSPS) is 12.0. The van der Waals surface area contributed by atoms with E-state index in [0.717, 1.165) is 4.48 Å². The molecule has 0 N–H and O–H groups in total. The van der Waals surface area contributed by atoms with E-state index >= 15 is 0 Å². The third-order valence-electron chi connectivity index (χ3n) is 0.839. The summed E-state index contributed by atoms with van der Waals surface area (Å²) in [4.78, 5) is 3.40. The van der Waals surface area contributed by atoms with Crippen LogP contribution in [0.15, 0.2) is 0 Å². The molecule has 0 aromatic heterocycles. The molecule has 2 nitrogen and oxygen atoms in total. The van der Waals surface area contributed by atoms with Gasteiger partial charge in [0.2, 0.25) is 0 Å². The molecule has 0 aliphatic carbocycles. The molecule has 0 rings (SSSR count). The maximum absolute atomic E-state index is 11.0. The smallest absolute Gasteiger partial charge is 0.136 e. The van der Waals surface area contributed by atoms with E-state index in [4.69, 9.17) is 0 Å². The Kier molecular flexibility index (Phi) is 2.94. The van der Waals surface area contributed by atoms with Crippen LogP contribution in [0.1, 0.15) is 0 Å². The van der Waals surface area contributed by atoms with Gasteiger partial charge in [0.25, 0.3) is 0 Å². The third-order valence-corrected chi connectivity index (χ3v) is 0.839. The Labute approximate surface area is 49.3 Å². The van der Waals surface area contributed by atoms with E-state index in [1.807, 2.05) is 21.1 Å². The molecule has 0 spiro atoms. The van der Waals surface area contributed by atoms with Crippen LogP contribution in [0.4, 0.5) is 4.53 Å². The number of nitrogens with zero attached hydrogens (tertiary/aromatic N) is 1. The van der Waals surface area contributed by atoms with Crippen LogP contribution in [0, 0.1) is 0 Å². The molecule has 0 aliphatic rings. The molecular weight excluding hydrogens is 109 g/mol. The summed E-state index contributed by atoms with van der Waals surface area (Å²) in [5, 5.41) is 0. The van der Waals surface area contributed by atoms with Gasteiger partial charge in [-0.15, -0.1) is 0 Å². The van der Waals surface area contributed by atoms with Crippen LogP contribution in [0.3, 0.4) is 0 Å². The average molecular weight is 122 g/mol. The van der Waals surface area contributed by atoms with E-state index < -0.39 is 0 Å². The van der Waals surface area contributed by atoms with Crippen molar-refractivity contribution in [2.45, 2.75) is 0 Å². The first-order chi connectivity index (χ1) is 3.56. The summed E-state index contributed by atoms with van der Waals surface area (Å²) in [5.41, 5.74) is 0. The SMILES string of the molecule is C[N+](C)(C)CCOF. The minimum absolute atomic E-state index is 0.184. The van der Waals surface area contributed by atoms with Crippen molar-refractivity contribution in [1.82, 2.24) is 0 Å². The fraction of sp³-hybridized carbons (Fsp3) is 1.00. The van der Waals surface area contributed by atoms with Gasteiger partial charge in [0.15, 0.2) is 0 Å². The molecule has 0 fully saturated rings. The van der Waals surface area contributed by atoms with Gasteiger partial charge in [0.05, 0.1) is 21.1 Å². The molecule has 0 radical (unpaired) electrons. The highest BCUT2D eigenvalue weighted by Crippen LogP contribution is 1.88. The van der Waals surface area contributed by atoms with Crippen LogP contribution in [-0.4, -0.2) is 38.8 Å². The Morgan fingerprint density at radius 1 is 1.38 bits per heavy atom. The van der Waals surface area contributed by atoms with Crippen molar-refractivity contribution in [3.8, 4) is 0 Å². The quantitative estimate of drug-likeness (QED) is 0.498. The van der Waals surface area contributed by atoms with Gasteiger partial charge < -0.3 is 4.48 Å². The first-order valence-electron chi connectivity index (χ1n) is 2.60. The maximum Gasteiger partial charge on any atom is 0.136 e. The van der Waals surface area contributed by atoms with E-state index in [-0.39, 0.29) is 6.61 Å². The lowest BCUT2D eigenvalue weighted by atomic mass is 10.5. The predicted octanol–water partition coefficient (Wildman–Crippen LogP) is 0.594. The number of quaternary nitrogens is 1. The molecule has 0 bridgehead atoms. The summed E-state index contributed by atoms with van der Waals surface area (Å²) < 4.78 is 11.8. The van der Waals surface area contributed by atoms with E-state index in [2.05, 4.69) is 4.94 Å². The second-order valence-electron chi connectivity index (χ2n) is 2.83. The van der Waals surface area contributed by atoms with Crippen molar-refractivity contribution in [2.75, 3.05) is 34.3 Å². The molecule has 0 saturated carbocycles. The van der Waals surface area contributed by atoms with Crippen molar-refractivity contribution in [1.29, 1.82) is 0 Å². The van der Waals surface area contributed by atoms with E-state index in [0.29, 0.717) is 6.54 Å². The van der Waals surface area contributed by atoms with Gasteiger partial charge in [-0.2, -0.15) is 4.94 Å². The second-order valence-corrected chi connectivity index (χ2v) is 2.83. The first-order valence-corrected chi connectivity index (χ1v) is 2.60. The van der Waals surface area contributed by atoms with Gasteiger partial charge in [-0.25, -0.2) is 0 Å². The molecule has 0 aliphatic heterocycles. The largest absolute Gasteiger partial charge is 0.329 e. The zero-order valence-electron chi connectivity index (χ0n) is 5.65. The van der Waals surface area contributed by atoms with Gasteiger partial charge in [-0.05, 0) is 4.53 Å². The summed E-state index contributed by atoms with van der Waals surface area (Å²) in [5.74, 6) is 0. The number of hydrogen-bond acceptors (Lipinski definition) is 1. The van der Waals surface area contributed by atoms with E-state index in [1.54, 1.807) is 0 Å². The van der Waals surface area contributed by atoms with Crippen LogP contribution in [-0.2, 0) is 4.94 Å². The molecule has 8 heavy (non-hydrogen) atoms. The predicted molar refractivity (Wildman–Crippen MR) is 30.0 cm³/mol. The van der Waals surface area contributed by atoms with Crippen molar-refractivity contribution in [3.05, 3.63) is 0 Å². The molecule has 0 heterocycles. The fourth-order valence-corrected chi connectivity index (χ4v) is 0.308. The minimum Gasteiger partial charge on any atom is -0.329 e. The summed E-state index contributed by atoms with van der Waals surface area (Å²) in [6, 6.07) is 0. The number of hydrogen-bond donors (Lipinski definition) is 0. The molecule has 3 heteroatoms. The third kappa shape index (κ3) is 5.85. The van der Waals surface area contributed by atoms with Crippen molar-refractivity contribution >= 4 is 0 Å². The van der Waals surface area contributed by atoms with Gasteiger partial charge in [0.1, 0.15) is 13.2 Å². The Hall–Kier alpha value is -0.150. The molecular formula is C5H13FNO+. The van der Waals surface area contributed by atoms with Gasteiger partial charge in [0, 0.05) is 0 Å². The number of halogens is 1. The summed E-state index contributed by atoms with van der Waals surface area (Å²) in [7, 11) is 5.96. The van der Waals surface area contributed by atoms with Crippen molar-refractivity contribution < 1.29 is 14.0 Å². The van der Waals surface area contributed by atoms with Crippen molar-refractivity contribution in [2.24, 2.45) is 0 Å². The van der Waals surface area contributed by atoms with Crippen molar-refractivity contribution in [3.63, 3.8) is 0 Å². The average Bonchev–Trinajstić information content (AvgIpc) is 1.59. The highest BCUT2D eigenvalue weighted by molar-refractivity contribution is 4.21. The lowest BCUT2D eigenvalue weighted by Crippen LogP contribution is -2.37. The molecule has 0 unspecified atom stereocenters. The number of likely N-dealkylation sites (N-methyl/N-ethyl adjacent to an activating group) is 1. The van der Waals surface area contributed by atoms with Crippen LogP contribution in [0.25, 0.3) is 0 Å². The summed E-state index contributed by atoms with van der Waals surface area (Å²) in [6.45, 7) is 0.889. The zero-order valence-corrected chi connectivity index (χ0v) is 5.65. The van der Waals surface area contributed by atoms with E-state index in [1.165, 1.54) is 0 Å². The van der Waals surface area contributed by atoms with Gasteiger partial charge >= 0.3 is 0 Å². The minimum atomic E-state index is 0.184. The molecule has 50 valence electrons. The Morgan fingerprint density at radius 3 is 2.00 bits per heavy atom. The summed E-state index contributed by atoms with van der Waals surface area (Å²) in [6.07, 6.45) is 0.